The molecular formula is C7H8NaO2S. The summed E-state index contributed by atoms with van der Waals surface area (Å²) in [6, 6.07) is 9.23. The third-order valence-corrected chi connectivity index (χ3v) is 1.71. The smallest absolute Gasteiger partial charge is 0.157 e. The maximum absolute atomic E-state index is 10.3. The molecule has 0 aliphatic heterocycles. The molecule has 0 amide bonds. The standard InChI is InChI=1S/C7H8O2S.Na/c8-10(9)6-7-4-2-1-3-5-7;/h1-5H,6H2,(H,8,9);. The molecule has 1 rings (SSSR count). The van der Waals surface area contributed by atoms with Crippen LogP contribution in [0.1, 0.15) is 5.56 Å². The summed E-state index contributed by atoms with van der Waals surface area (Å²) in [6.45, 7) is 0. The molecule has 0 saturated carbocycles. The second-order valence-electron chi connectivity index (χ2n) is 1.95. The van der Waals surface area contributed by atoms with Crippen molar-refractivity contribution in [3.63, 3.8) is 0 Å². The van der Waals surface area contributed by atoms with Gasteiger partial charge in [-0.2, -0.15) is 0 Å². The van der Waals surface area contributed by atoms with Crippen LogP contribution in [0.3, 0.4) is 0 Å². The van der Waals surface area contributed by atoms with E-state index in [9.17, 15) is 4.21 Å². The van der Waals surface area contributed by atoms with E-state index in [2.05, 4.69) is 0 Å². The summed E-state index contributed by atoms with van der Waals surface area (Å²) in [7, 11) is 0. The van der Waals surface area contributed by atoms with Gasteiger partial charge in [0.25, 0.3) is 0 Å². The molecule has 0 aromatic heterocycles. The van der Waals surface area contributed by atoms with Crippen LogP contribution in [0.2, 0.25) is 0 Å². The molecule has 55 valence electrons. The molecule has 2 nitrogen and oxygen atoms in total. The zero-order chi connectivity index (χ0) is 7.40. The van der Waals surface area contributed by atoms with Crippen molar-refractivity contribution in [1.82, 2.24) is 0 Å². The molecule has 1 atom stereocenters. The predicted octanol–water partition coefficient (Wildman–Crippen LogP) is 1.03. The summed E-state index contributed by atoms with van der Waals surface area (Å²) in [5, 5.41) is 0. The Bertz CT molecular complexity index is 225. The third kappa shape index (κ3) is 4.71. The second kappa shape index (κ2) is 5.91. The van der Waals surface area contributed by atoms with Gasteiger partial charge in [-0.25, -0.2) is 4.21 Å². The van der Waals surface area contributed by atoms with Gasteiger partial charge in [-0.1, -0.05) is 30.3 Å². The summed E-state index contributed by atoms with van der Waals surface area (Å²) in [6.07, 6.45) is 0. The Morgan fingerprint density at radius 2 is 1.82 bits per heavy atom. The van der Waals surface area contributed by atoms with E-state index >= 15 is 0 Å². The van der Waals surface area contributed by atoms with Crippen molar-refractivity contribution in [2.24, 2.45) is 0 Å². The first-order valence-corrected chi connectivity index (χ1v) is 4.18. The molecule has 4 heteroatoms. The Labute approximate surface area is 90.6 Å². The number of benzene rings is 1. The first-order chi connectivity index (χ1) is 4.79. The van der Waals surface area contributed by atoms with Gasteiger partial charge in [-0.3, -0.25) is 0 Å². The average molecular weight is 179 g/mol. The van der Waals surface area contributed by atoms with Crippen molar-refractivity contribution in [2.75, 3.05) is 0 Å². The molecule has 0 spiro atoms. The quantitative estimate of drug-likeness (QED) is 0.543. The zero-order valence-electron chi connectivity index (χ0n) is 6.36. The van der Waals surface area contributed by atoms with Gasteiger partial charge in [0.05, 0.1) is 5.75 Å². The summed E-state index contributed by atoms with van der Waals surface area (Å²) in [5.74, 6) is 0.223. The first kappa shape index (κ1) is 11.3. The SMILES string of the molecule is O=S(O)Cc1ccccc1.[Na]. The van der Waals surface area contributed by atoms with E-state index in [1.165, 1.54) is 0 Å². The van der Waals surface area contributed by atoms with Gasteiger partial charge in [-0.15, -0.1) is 0 Å². The minimum absolute atomic E-state index is 0. The predicted molar refractivity (Wildman–Crippen MR) is 46.7 cm³/mol. The molecule has 11 heavy (non-hydrogen) atoms. The van der Waals surface area contributed by atoms with Crippen molar-refractivity contribution in [3.8, 4) is 0 Å². The van der Waals surface area contributed by atoms with Crippen molar-refractivity contribution in [1.29, 1.82) is 0 Å². The summed E-state index contributed by atoms with van der Waals surface area (Å²) in [5.41, 5.74) is 0.892. The van der Waals surface area contributed by atoms with Crippen LogP contribution in [-0.4, -0.2) is 38.3 Å². The summed E-state index contributed by atoms with van der Waals surface area (Å²) in [4.78, 5) is 0. The Balaban J connectivity index is 0.000001000. The van der Waals surface area contributed by atoms with Crippen LogP contribution in [0.5, 0.6) is 0 Å². The maximum atomic E-state index is 10.3. The van der Waals surface area contributed by atoms with Gasteiger partial charge < -0.3 is 4.55 Å². The molecule has 1 aromatic carbocycles. The molecule has 1 aromatic rings. The fraction of sp³-hybridized carbons (Fsp3) is 0.143. The Kier molecular flexibility index (Phi) is 6.09. The Hall–Kier alpha value is 0.330. The van der Waals surface area contributed by atoms with E-state index in [-0.39, 0.29) is 35.3 Å². The van der Waals surface area contributed by atoms with Crippen molar-refractivity contribution >= 4 is 40.6 Å². The van der Waals surface area contributed by atoms with Crippen molar-refractivity contribution in [2.45, 2.75) is 5.75 Å². The van der Waals surface area contributed by atoms with Gasteiger partial charge in [0.1, 0.15) is 0 Å². The maximum Gasteiger partial charge on any atom is 0.157 e. The van der Waals surface area contributed by atoms with E-state index in [4.69, 9.17) is 4.55 Å². The molecule has 0 aliphatic rings. The molecule has 0 saturated heterocycles. The van der Waals surface area contributed by atoms with E-state index in [0.29, 0.717) is 0 Å². The van der Waals surface area contributed by atoms with E-state index < -0.39 is 11.1 Å². The average Bonchev–Trinajstić information content (AvgIpc) is 1.88. The zero-order valence-corrected chi connectivity index (χ0v) is 9.17. The second-order valence-corrected chi connectivity index (χ2v) is 2.88. The first-order valence-electron chi connectivity index (χ1n) is 2.90. The molecule has 1 unspecified atom stereocenters. The third-order valence-electron chi connectivity index (χ3n) is 1.13. The molecule has 1 N–H and O–H groups in total. The van der Waals surface area contributed by atoms with Crippen LogP contribution < -0.4 is 0 Å². The topological polar surface area (TPSA) is 37.3 Å². The van der Waals surface area contributed by atoms with E-state index in [1.807, 2.05) is 30.3 Å². The van der Waals surface area contributed by atoms with E-state index in [0.717, 1.165) is 5.56 Å². The van der Waals surface area contributed by atoms with Gasteiger partial charge >= 0.3 is 0 Å². The molecule has 1 radical (unpaired) electrons. The van der Waals surface area contributed by atoms with Crippen LogP contribution in [0.4, 0.5) is 0 Å². The van der Waals surface area contributed by atoms with Crippen LogP contribution >= 0.6 is 0 Å². The molecule has 0 heterocycles. The van der Waals surface area contributed by atoms with Crippen LogP contribution in [-0.2, 0) is 16.8 Å². The van der Waals surface area contributed by atoms with E-state index in [1.54, 1.807) is 0 Å². The van der Waals surface area contributed by atoms with Gasteiger partial charge in [0.2, 0.25) is 0 Å². The number of rotatable bonds is 2. The van der Waals surface area contributed by atoms with Crippen molar-refractivity contribution in [3.05, 3.63) is 35.9 Å². The van der Waals surface area contributed by atoms with Gasteiger partial charge in [0, 0.05) is 29.6 Å². The minimum atomic E-state index is -1.72. The van der Waals surface area contributed by atoms with Crippen LogP contribution in [0.25, 0.3) is 0 Å². The fourth-order valence-electron chi connectivity index (χ4n) is 0.717. The van der Waals surface area contributed by atoms with Crippen LogP contribution in [0, 0.1) is 0 Å². The monoisotopic (exact) mass is 179 g/mol. The largest absolute Gasteiger partial charge is 0.306 e. The Morgan fingerprint density at radius 3 is 2.27 bits per heavy atom. The molecular weight excluding hydrogens is 171 g/mol. The Morgan fingerprint density at radius 1 is 1.27 bits per heavy atom. The summed E-state index contributed by atoms with van der Waals surface area (Å²) < 4.78 is 18.8. The number of hydrogen-bond acceptors (Lipinski definition) is 1. The van der Waals surface area contributed by atoms with Crippen LogP contribution in [0.15, 0.2) is 30.3 Å². The fourth-order valence-corrected chi connectivity index (χ4v) is 1.19. The van der Waals surface area contributed by atoms with Gasteiger partial charge in [0.15, 0.2) is 11.1 Å². The molecule has 0 fully saturated rings. The molecule has 0 bridgehead atoms. The normalized spacial score (nSPS) is 11.7. The summed E-state index contributed by atoms with van der Waals surface area (Å²) >= 11 is -1.72. The molecule has 0 aliphatic carbocycles. The van der Waals surface area contributed by atoms with Gasteiger partial charge in [-0.05, 0) is 5.56 Å². The number of hydrogen-bond donors (Lipinski definition) is 1. The minimum Gasteiger partial charge on any atom is -0.306 e. The van der Waals surface area contributed by atoms with Crippen molar-refractivity contribution < 1.29 is 8.76 Å².